The third kappa shape index (κ3) is 5.29. The van der Waals surface area contributed by atoms with E-state index >= 15 is 0 Å². The molecule has 0 aliphatic carbocycles. The number of rotatable bonds is 7. The van der Waals surface area contributed by atoms with Crippen molar-refractivity contribution in [1.29, 1.82) is 0 Å². The first-order valence-electron chi connectivity index (χ1n) is 7.82. The Hall–Kier alpha value is -2.41. The van der Waals surface area contributed by atoms with Crippen molar-refractivity contribution in [3.63, 3.8) is 0 Å². The summed E-state index contributed by atoms with van der Waals surface area (Å²) in [5.74, 6) is -0.731. The Morgan fingerprint density at radius 1 is 1.12 bits per heavy atom. The fourth-order valence-corrected chi connectivity index (χ4v) is 3.42. The fraction of sp³-hybridized carbons (Fsp3) is 0.278. The van der Waals surface area contributed by atoms with Crippen LogP contribution in [0.3, 0.4) is 0 Å². The van der Waals surface area contributed by atoms with Crippen molar-refractivity contribution in [1.82, 2.24) is 5.32 Å². The Morgan fingerprint density at radius 3 is 2.40 bits per heavy atom. The maximum atomic E-state index is 13.5. The van der Waals surface area contributed by atoms with E-state index in [1.165, 1.54) is 10.4 Å². The van der Waals surface area contributed by atoms with Crippen LogP contribution in [0.2, 0.25) is 0 Å². The number of hydrogen-bond donors (Lipinski definition) is 1. The van der Waals surface area contributed by atoms with E-state index in [0.29, 0.717) is 11.3 Å². The smallest absolute Gasteiger partial charge is 0.232 e. The number of aryl methyl sites for hydroxylation is 1. The molecular weight excluding hydrogens is 343 g/mol. The van der Waals surface area contributed by atoms with Crippen LogP contribution in [0.4, 0.5) is 10.1 Å². The van der Waals surface area contributed by atoms with Crippen molar-refractivity contribution < 1.29 is 17.6 Å². The third-order valence-corrected chi connectivity index (χ3v) is 4.94. The molecule has 0 aliphatic rings. The zero-order valence-corrected chi connectivity index (χ0v) is 15.0. The lowest BCUT2D eigenvalue weighted by molar-refractivity contribution is -0.121. The largest absolute Gasteiger partial charge is 0.352 e. The molecule has 0 saturated carbocycles. The third-order valence-electron chi connectivity index (χ3n) is 3.76. The molecule has 1 amide bonds. The van der Waals surface area contributed by atoms with Gasteiger partial charge in [0.2, 0.25) is 15.9 Å². The summed E-state index contributed by atoms with van der Waals surface area (Å²) in [7, 11) is -3.52. The standard InChI is InChI=1S/C18H21FN2O3S/c1-14-7-3-6-10-17(14)21(25(2,23)24)12-11-18(22)20-13-15-8-4-5-9-16(15)19/h3-10H,11-13H2,1-2H3,(H,20,22). The van der Waals surface area contributed by atoms with E-state index in [9.17, 15) is 17.6 Å². The van der Waals surface area contributed by atoms with Gasteiger partial charge in [0.1, 0.15) is 5.82 Å². The van der Waals surface area contributed by atoms with Crippen molar-refractivity contribution in [3.05, 3.63) is 65.5 Å². The van der Waals surface area contributed by atoms with Crippen LogP contribution < -0.4 is 9.62 Å². The lowest BCUT2D eigenvalue weighted by atomic mass is 10.2. The van der Waals surface area contributed by atoms with Crippen molar-refractivity contribution in [2.24, 2.45) is 0 Å². The van der Waals surface area contributed by atoms with Gasteiger partial charge in [0.15, 0.2) is 0 Å². The number of sulfonamides is 1. The first-order chi connectivity index (χ1) is 11.8. The van der Waals surface area contributed by atoms with E-state index in [-0.39, 0.29) is 31.2 Å². The predicted octanol–water partition coefficient (Wildman–Crippen LogP) is 2.61. The van der Waals surface area contributed by atoms with Gasteiger partial charge in [-0.25, -0.2) is 12.8 Å². The Labute approximate surface area is 147 Å². The van der Waals surface area contributed by atoms with E-state index in [4.69, 9.17) is 0 Å². The van der Waals surface area contributed by atoms with E-state index in [2.05, 4.69) is 5.32 Å². The quantitative estimate of drug-likeness (QED) is 0.821. The second kappa shape index (κ2) is 8.11. The van der Waals surface area contributed by atoms with E-state index in [0.717, 1.165) is 11.8 Å². The summed E-state index contributed by atoms with van der Waals surface area (Å²) < 4.78 is 38.9. The topological polar surface area (TPSA) is 66.5 Å². The number of hydrogen-bond acceptors (Lipinski definition) is 3. The van der Waals surface area contributed by atoms with Crippen LogP contribution >= 0.6 is 0 Å². The van der Waals surface area contributed by atoms with E-state index < -0.39 is 10.0 Å². The molecular formula is C18H21FN2O3S. The van der Waals surface area contributed by atoms with Gasteiger partial charge in [-0.1, -0.05) is 36.4 Å². The van der Waals surface area contributed by atoms with Gasteiger partial charge in [-0.3, -0.25) is 9.10 Å². The Kier molecular flexibility index (Phi) is 6.14. The van der Waals surface area contributed by atoms with Gasteiger partial charge in [-0.2, -0.15) is 0 Å². The first-order valence-corrected chi connectivity index (χ1v) is 9.67. The minimum absolute atomic E-state index is 0.0180. The second-order valence-corrected chi connectivity index (χ2v) is 7.65. The van der Waals surface area contributed by atoms with Crippen molar-refractivity contribution in [3.8, 4) is 0 Å². The molecule has 2 rings (SSSR count). The summed E-state index contributed by atoms with van der Waals surface area (Å²) in [4.78, 5) is 12.0. The zero-order chi connectivity index (χ0) is 18.4. The highest BCUT2D eigenvalue weighted by Gasteiger charge is 2.20. The molecule has 0 radical (unpaired) electrons. The number of nitrogens with one attached hydrogen (secondary N) is 1. The van der Waals surface area contributed by atoms with E-state index in [1.807, 2.05) is 19.1 Å². The molecule has 2 aromatic carbocycles. The highest BCUT2D eigenvalue weighted by atomic mass is 32.2. The molecule has 2 aromatic rings. The minimum atomic E-state index is -3.52. The molecule has 0 aliphatic heterocycles. The number of carbonyl (C=O) groups excluding carboxylic acids is 1. The Morgan fingerprint density at radius 2 is 1.76 bits per heavy atom. The summed E-state index contributed by atoms with van der Waals surface area (Å²) in [6, 6.07) is 13.3. The summed E-state index contributed by atoms with van der Waals surface area (Å²) in [5, 5.41) is 2.61. The van der Waals surface area contributed by atoms with Crippen LogP contribution in [0, 0.1) is 12.7 Å². The number of nitrogens with zero attached hydrogens (tertiary/aromatic N) is 1. The molecule has 0 aromatic heterocycles. The number of carbonyl (C=O) groups is 1. The number of para-hydroxylation sites is 1. The Bertz CT molecular complexity index is 853. The van der Waals surface area contributed by atoms with Crippen molar-refractivity contribution in [2.45, 2.75) is 19.9 Å². The van der Waals surface area contributed by atoms with Crippen LogP contribution in [0.1, 0.15) is 17.5 Å². The van der Waals surface area contributed by atoms with Crippen LogP contribution in [-0.2, 0) is 21.4 Å². The predicted molar refractivity (Wildman–Crippen MR) is 96.2 cm³/mol. The van der Waals surface area contributed by atoms with E-state index in [1.54, 1.807) is 30.3 Å². The van der Waals surface area contributed by atoms with Gasteiger partial charge in [0.05, 0.1) is 11.9 Å². The average Bonchev–Trinajstić information content (AvgIpc) is 2.54. The molecule has 7 heteroatoms. The lowest BCUT2D eigenvalue weighted by Gasteiger charge is -2.23. The van der Waals surface area contributed by atoms with Gasteiger partial charge in [-0.05, 0) is 24.6 Å². The minimum Gasteiger partial charge on any atom is -0.352 e. The van der Waals surface area contributed by atoms with Crippen LogP contribution in [-0.4, -0.2) is 27.1 Å². The average molecular weight is 364 g/mol. The summed E-state index contributed by atoms with van der Waals surface area (Å²) >= 11 is 0. The number of amides is 1. The molecule has 0 unspecified atom stereocenters. The van der Waals surface area contributed by atoms with Crippen molar-refractivity contribution >= 4 is 21.6 Å². The number of benzene rings is 2. The Balaban J connectivity index is 2.00. The van der Waals surface area contributed by atoms with Gasteiger partial charge in [0, 0.05) is 25.1 Å². The molecule has 25 heavy (non-hydrogen) atoms. The van der Waals surface area contributed by atoms with Gasteiger partial charge in [-0.15, -0.1) is 0 Å². The fourth-order valence-electron chi connectivity index (χ4n) is 2.44. The SMILES string of the molecule is Cc1ccccc1N(CCC(=O)NCc1ccccc1F)S(C)(=O)=O. The van der Waals surface area contributed by atoms with Gasteiger partial charge in [0.25, 0.3) is 0 Å². The normalized spacial score (nSPS) is 11.2. The van der Waals surface area contributed by atoms with Crippen LogP contribution in [0.15, 0.2) is 48.5 Å². The summed E-state index contributed by atoms with van der Waals surface area (Å²) in [6.07, 6.45) is 1.09. The lowest BCUT2D eigenvalue weighted by Crippen LogP contribution is -2.35. The van der Waals surface area contributed by atoms with Gasteiger partial charge >= 0.3 is 0 Å². The maximum absolute atomic E-state index is 13.5. The molecule has 0 fully saturated rings. The zero-order valence-electron chi connectivity index (χ0n) is 14.2. The monoisotopic (exact) mass is 364 g/mol. The highest BCUT2D eigenvalue weighted by molar-refractivity contribution is 7.92. The molecule has 0 spiro atoms. The van der Waals surface area contributed by atoms with Crippen LogP contribution in [0.5, 0.6) is 0 Å². The second-order valence-electron chi connectivity index (χ2n) is 5.74. The molecule has 0 heterocycles. The molecule has 1 N–H and O–H groups in total. The first kappa shape index (κ1) is 18.9. The molecule has 0 bridgehead atoms. The molecule has 5 nitrogen and oxygen atoms in total. The summed E-state index contributed by atoms with van der Waals surface area (Å²) in [5.41, 5.74) is 1.74. The van der Waals surface area contributed by atoms with Gasteiger partial charge < -0.3 is 5.32 Å². The maximum Gasteiger partial charge on any atom is 0.232 e. The highest BCUT2D eigenvalue weighted by Crippen LogP contribution is 2.22. The summed E-state index contributed by atoms with van der Waals surface area (Å²) in [6.45, 7) is 1.90. The molecule has 0 atom stereocenters. The van der Waals surface area contributed by atoms with Crippen molar-refractivity contribution in [2.75, 3.05) is 17.1 Å². The molecule has 134 valence electrons. The van der Waals surface area contributed by atoms with Crippen LogP contribution in [0.25, 0.3) is 0 Å². The number of halogens is 1. The molecule has 0 saturated heterocycles. The number of anilines is 1.